The van der Waals surface area contributed by atoms with Gasteiger partial charge in [-0.05, 0) is 26.9 Å². The van der Waals surface area contributed by atoms with E-state index in [0.717, 1.165) is 13.0 Å². The van der Waals surface area contributed by atoms with Crippen molar-refractivity contribution >= 4 is 0 Å². The van der Waals surface area contributed by atoms with Crippen molar-refractivity contribution in [1.82, 2.24) is 5.32 Å². The van der Waals surface area contributed by atoms with Crippen LogP contribution < -0.4 is 5.32 Å². The first-order valence-electron chi connectivity index (χ1n) is 3.25. The van der Waals surface area contributed by atoms with Gasteiger partial charge in [0.2, 0.25) is 0 Å². The summed E-state index contributed by atoms with van der Waals surface area (Å²) in [6.45, 7) is 6.76. The lowest BCUT2D eigenvalue weighted by Gasteiger charge is -1.92. The number of rotatable bonds is 4. The molecule has 0 fully saturated rings. The first-order chi connectivity index (χ1) is 4.31. The van der Waals surface area contributed by atoms with Crippen LogP contribution in [0.4, 0.5) is 0 Å². The number of nitrogens with one attached hydrogen (secondary N) is 1. The van der Waals surface area contributed by atoms with E-state index in [9.17, 15) is 0 Å². The van der Waals surface area contributed by atoms with Gasteiger partial charge in [-0.15, -0.1) is 0 Å². The van der Waals surface area contributed by atoms with Gasteiger partial charge in [0, 0.05) is 0 Å². The zero-order valence-electron chi connectivity index (χ0n) is 6.28. The number of hydrogen-bond donors (Lipinski definition) is 1. The van der Waals surface area contributed by atoms with Gasteiger partial charge in [-0.2, -0.15) is 0 Å². The summed E-state index contributed by atoms with van der Waals surface area (Å²) in [7, 11) is 1.96. The van der Waals surface area contributed by atoms with Gasteiger partial charge < -0.3 is 5.32 Å². The van der Waals surface area contributed by atoms with Crippen LogP contribution in [0.25, 0.3) is 0 Å². The summed E-state index contributed by atoms with van der Waals surface area (Å²) < 4.78 is 0. The van der Waals surface area contributed by atoms with E-state index in [0.29, 0.717) is 0 Å². The molecule has 1 heteroatoms. The second-order valence-corrected chi connectivity index (χ2v) is 2.04. The van der Waals surface area contributed by atoms with E-state index in [-0.39, 0.29) is 0 Å². The molecule has 0 aliphatic heterocycles. The van der Waals surface area contributed by atoms with E-state index < -0.39 is 0 Å². The molecule has 0 radical (unpaired) electrons. The van der Waals surface area contributed by atoms with Crippen molar-refractivity contribution in [3.05, 3.63) is 24.3 Å². The molecule has 0 aliphatic rings. The molecule has 1 nitrogen and oxygen atoms in total. The molecule has 0 saturated heterocycles. The minimum Gasteiger partial charge on any atom is -0.319 e. The van der Waals surface area contributed by atoms with Gasteiger partial charge in [0.15, 0.2) is 0 Å². The maximum absolute atomic E-state index is 3.65. The topological polar surface area (TPSA) is 12.0 Å². The standard InChI is InChI=1S/C8H15N/c1-4-8(2)6-5-7-9-3/h4,6,9H,1,5,7H2,2-3H3/b8-6-. The fourth-order valence-electron chi connectivity index (χ4n) is 0.528. The third kappa shape index (κ3) is 5.31. The molecule has 52 valence electrons. The summed E-state index contributed by atoms with van der Waals surface area (Å²) >= 11 is 0. The van der Waals surface area contributed by atoms with Crippen molar-refractivity contribution in [3.8, 4) is 0 Å². The molecule has 0 rings (SSSR count). The molecule has 9 heavy (non-hydrogen) atoms. The van der Waals surface area contributed by atoms with Crippen LogP contribution in [0.15, 0.2) is 24.3 Å². The quantitative estimate of drug-likeness (QED) is 0.445. The number of hydrogen-bond acceptors (Lipinski definition) is 1. The molecule has 1 N–H and O–H groups in total. The lowest BCUT2D eigenvalue weighted by atomic mass is 10.2. The third-order valence-corrected chi connectivity index (χ3v) is 1.18. The van der Waals surface area contributed by atoms with Crippen LogP contribution >= 0.6 is 0 Å². The highest BCUT2D eigenvalue weighted by molar-refractivity contribution is 5.12. The van der Waals surface area contributed by atoms with Crippen LogP contribution in [0.2, 0.25) is 0 Å². The minimum absolute atomic E-state index is 1.05. The lowest BCUT2D eigenvalue weighted by molar-refractivity contribution is 0.806. The summed E-state index contributed by atoms with van der Waals surface area (Å²) in [6, 6.07) is 0. The molecule has 0 aromatic heterocycles. The van der Waals surface area contributed by atoms with Crippen LogP contribution in [-0.4, -0.2) is 13.6 Å². The molecular weight excluding hydrogens is 110 g/mol. The lowest BCUT2D eigenvalue weighted by Crippen LogP contribution is -2.05. The average molecular weight is 125 g/mol. The Bertz CT molecular complexity index is 103. The summed E-state index contributed by atoms with van der Waals surface area (Å²) in [5.41, 5.74) is 1.25. The zero-order chi connectivity index (χ0) is 7.11. The Labute approximate surface area is 57.5 Å². The van der Waals surface area contributed by atoms with E-state index in [1.54, 1.807) is 0 Å². The van der Waals surface area contributed by atoms with E-state index in [1.165, 1.54) is 5.57 Å². The Hall–Kier alpha value is -0.560. The molecular formula is C8H15N. The van der Waals surface area contributed by atoms with Crippen molar-refractivity contribution in [1.29, 1.82) is 0 Å². The van der Waals surface area contributed by atoms with Crippen molar-refractivity contribution in [2.24, 2.45) is 0 Å². The van der Waals surface area contributed by atoms with Crippen molar-refractivity contribution in [2.45, 2.75) is 13.3 Å². The van der Waals surface area contributed by atoms with Crippen LogP contribution in [0, 0.1) is 0 Å². The molecule has 0 atom stereocenters. The Morgan fingerprint density at radius 2 is 2.33 bits per heavy atom. The monoisotopic (exact) mass is 125 g/mol. The fraction of sp³-hybridized carbons (Fsp3) is 0.500. The first kappa shape index (κ1) is 8.44. The van der Waals surface area contributed by atoms with Crippen LogP contribution in [-0.2, 0) is 0 Å². The van der Waals surface area contributed by atoms with Gasteiger partial charge >= 0.3 is 0 Å². The maximum atomic E-state index is 3.65. The molecule has 0 spiro atoms. The highest BCUT2D eigenvalue weighted by Crippen LogP contribution is 1.93. The Balaban J connectivity index is 3.31. The van der Waals surface area contributed by atoms with E-state index in [4.69, 9.17) is 0 Å². The SMILES string of the molecule is C=C/C(C)=C\CCNC. The molecule has 0 amide bonds. The van der Waals surface area contributed by atoms with Gasteiger partial charge in [0.25, 0.3) is 0 Å². The summed E-state index contributed by atoms with van der Waals surface area (Å²) in [5.74, 6) is 0. The smallest absolute Gasteiger partial charge is 0.00171 e. The predicted molar refractivity (Wildman–Crippen MR) is 42.5 cm³/mol. The van der Waals surface area contributed by atoms with E-state index >= 15 is 0 Å². The molecule has 0 saturated carbocycles. The third-order valence-electron chi connectivity index (χ3n) is 1.18. The largest absolute Gasteiger partial charge is 0.319 e. The molecule has 0 bridgehead atoms. The van der Waals surface area contributed by atoms with Crippen molar-refractivity contribution in [2.75, 3.05) is 13.6 Å². The van der Waals surface area contributed by atoms with Crippen LogP contribution in [0.5, 0.6) is 0 Å². The van der Waals surface area contributed by atoms with Gasteiger partial charge in [0.1, 0.15) is 0 Å². The Morgan fingerprint density at radius 3 is 2.78 bits per heavy atom. The normalized spacial score (nSPS) is 11.6. The predicted octanol–water partition coefficient (Wildman–Crippen LogP) is 1.73. The number of allylic oxidation sites excluding steroid dienone is 2. The van der Waals surface area contributed by atoms with Gasteiger partial charge in [-0.25, -0.2) is 0 Å². The summed E-state index contributed by atoms with van der Waals surface area (Å²) in [4.78, 5) is 0. The van der Waals surface area contributed by atoms with Crippen molar-refractivity contribution < 1.29 is 0 Å². The average Bonchev–Trinajstić information content (AvgIpc) is 1.89. The van der Waals surface area contributed by atoms with Gasteiger partial charge in [0.05, 0.1) is 0 Å². The van der Waals surface area contributed by atoms with Gasteiger partial charge in [-0.1, -0.05) is 24.3 Å². The second-order valence-electron chi connectivity index (χ2n) is 2.04. The highest BCUT2D eigenvalue weighted by atomic mass is 14.8. The van der Waals surface area contributed by atoms with Crippen molar-refractivity contribution in [3.63, 3.8) is 0 Å². The minimum atomic E-state index is 1.05. The molecule has 0 aromatic rings. The zero-order valence-corrected chi connectivity index (χ0v) is 6.28. The Morgan fingerprint density at radius 1 is 1.67 bits per heavy atom. The maximum Gasteiger partial charge on any atom is -0.00171 e. The molecule has 0 aliphatic carbocycles. The summed E-state index contributed by atoms with van der Waals surface area (Å²) in [6.07, 6.45) is 5.13. The molecule has 0 unspecified atom stereocenters. The fourth-order valence-corrected chi connectivity index (χ4v) is 0.528. The molecule has 0 aromatic carbocycles. The second kappa shape index (κ2) is 5.57. The van der Waals surface area contributed by atoms with Crippen LogP contribution in [0.3, 0.4) is 0 Å². The first-order valence-corrected chi connectivity index (χ1v) is 3.25. The summed E-state index contributed by atoms with van der Waals surface area (Å²) in [5, 5.41) is 3.07. The van der Waals surface area contributed by atoms with E-state index in [2.05, 4.69) is 24.9 Å². The molecule has 0 heterocycles. The Kier molecular flexibility index (Phi) is 5.23. The highest BCUT2D eigenvalue weighted by Gasteiger charge is 1.78. The van der Waals surface area contributed by atoms with E-state index in [1.807, 2.05) is 13.1 Å². The van der Waals surface area contributed by atoms with Crippen LogP contribution in [0.1, 0.15) is 13.3 Å². The van der Waals surface area contributed by atoms with Gasteiger partial charge in [-0.3, -0.25) is 0 Å².